The Bertz CT molecular complexity index is 414. The summed E-state index contributed by atoms with van der Waals surface area (Å²) in [5.74, 6) is 2.42. The Morgan fingerprint density at radius 1 is 1.56 bits per heavy atom. The first-order chi connectivity index (χ1) is 8.65. The summed E-state index contributed by atoms with van der Waals surface area (Å²) >= 11 is 1.76. The fourth-order valence-electron chi connectivity index (χ4n) is 2.04. The van der Waals surface area contributed by atoms with E-state index >= 15 is 0 Å². The van der Waals surface area contributed by atoms with Crippen molar-refractivity contribution in [2.45, 2.75) is 26.3 Å². The van der Waals surface area contributed by atoms with Crippen molar-refractivity contribution in [3.8, 4) is 0 Å². The maximum absolute atomic E-state index is 12.0. The van der Waals surface area contributed by atoms with E-state index in [4.69, 9.17) is 0 Å². The molecule has 1 aliphatic heterocycles. The fraction of sp³-hybridized carbons (Fsp3) is 0.500. The molecule has 1 fully saturated rings. The SMILES string of the molecule is CC(C)Cc1cccc(NC(=O)C2CSCN2)c1. The number of nitrogens with one attached hydrogen (secondary N) is 2. The smallest absolute Gasteiger partial charge is 0.242 e. The van der Waals surface area contributed by atoms with Gasteiger partial charge in [-0.05, 0) is 30.0 Å². The maximum atomic E-state index is 12.0. The van der Waals surface area contributed by atoms with Crippen molar-refractivity contribution < 1.29 is 4.79 Å². The lowest BCUT2D eigenvalue weighted by atomic mass is 10.0. The first-order valence-corrected chi connectivity index (χ1v) is 7.51. The van der Waals surface area contributed by atoms with Crippen LogP contribution in [-0.2, 0) is 11.2 Å². The molecule has 0 aromatic heterocycles. The molecule has 2 rings (SSSR count). The monoisotopic (exact) mass is 264 g/mol. The molecule has 18 heavy (non-hydrogen) atoms. The van der Waals surface area contributed by atoms with Crippen molar-refractivity contribution in [2.24, 2.45) is 5.92 Å². The minimum Gasteiger partial charge on any atom is -0.325 e. The number of hydrogen-bond donors (Lipinski definition) is 2. The predicted octanol–water partition coefficient (Wildman–Crippen LogP) is 2.49. The van der Waals surface area contributed by atoms with Gasteiger partial charge in [-0.25, -0.2) is 0 Å². The molecule has 98 valence electrons. The maximum Gasteiger partial charge on any atom is 0.242 e. The number of hydrogen-bond acceptors (Lipinski definition) is 3. The summed E-state index contributed by atoms with van der Waals surface area (Å²) < 4.78 is 0. The Morgan fingerprint density at radius 3 is 3.06 bits per heavy atom. The van der Waals surface area contributed by atoms with E-state index < -0.39 is 0 Å². The second kappa shape index (κ2) is 6.25. The number of rotatable bonds is 4. The largest absolute Gasteiger partial charge is 0.325 e. The molecule has 3 nitrogen and oxygen atoms in total. The zero-order valence-electron chi connectivity index (χ0n) is 10.9. The van der Waals surface area contributed by atoms with E-state index in [-0.39, 0.29) is 11.9 Å². The summed E-state index contributed by atoms with van der Waals surface area (Å²) in [4.78, 5) is 12.0. The zero-order valence-corrected chi connectivity index (χ0v) is 11.7. The number of carbonyl (C=O) groups is 1. The van der Waals surface area contributed by atoms with Crippen molar-refractivity contribution in [3.05, 3.63) is 29.8 Å². The highest BCUT2D eigenvalue weighted by atomic mass is 32.2. The van der Waals surface area contributed by atoms with Crippen molar-refractivity contribution in [3.63, 3.8) is 0 Å². The van der Waals surface area contributed by atoms with Crippen LogP contribution in [0, 0.1) is 5.92 Å². The Balaban J connectivity index is 1.97. The third-order valence-electron chi connectivity index (χ3n) is 2.87. The second-order valence-corrected chi connectivity index (χ2v) is 6.09. The average Bonchev–Trinajstić information content (AvgIpc) is 2.81. The van der Waals surface area contributed by atoms with Crippen LogP contribution in [0.3, 0.4) is 0 Å². The molecule has 0 radical (unpaired) electrons. The highest BCUT2D eigenvalue weighted by molar-refractivity contribution is 7.99. The van der Waals surface area contributed by atoms with E-state index in [1.807, 2.05) is 12.1 Å². The van der Waals surface area contributed by atoms with E-state index in [0.717, 1.165) is 23.7 Å². The molecular formula is C14H20N2OS. The minimum atomic E-state index is -0.0521. The summed E-state index contributed by atoms with van der Waals surface area (Å²) in [6, 6.07) is 8.08. The van der Waals surface area contributed by atoms with Crippen molar-refractivity contribution in [1.29, 1.82) is 0 Å². The first-order valence-electron chi connectivity index (χ1n) is 6.36. The number of thioether (sulfide) groups is 1. The molecule has 0 saturated carbocycles. The van der Waals surface area contributed by atoms with Gasteiger partial charge >= 0.3 is 0 Å². The van der Waals surface area contributed by atoms with E-state index in [1.165, 1.54) is 5.56 Å². The van der Waals surface area contributed by atoms with Crippen LogP contribution < -0.4 is 10.6 Å². The Hall–Kier alpha value is -1.00. The summed E-state index contributed by atoms with van der Waals surface area (Å²) in [5.41, 5.74) is 2.17. The molecule has 1 amide bonds. The van der Waals surface area contributed by atoms with Crippen LogP contribution in [0.15, 0.2) is 24.3 Å². The van der Waals surface area contributed by atoms with Crippen LogP contribution >= 0.6 is 11.8 Å². The van der Waals surface area contributed by atoms with E-state index in [1.54, 1.807) is 11.8 Å². The molecule has 1 aliphatic rings. The molecule has 1 saturated heterocycles. The summed E-state index contributed by atoms with van der Waals surface area (Å²) in [6.45, 7) is 4.40. The Morgan fingerprint density at radius 2 is 2.39 bits per heavy atom. The van der Waals surface area contributed by atoms with Crippen LogP contribution in [0.2, 0.25) is 0 Å². The number of amides is 1. The average molecular weight is 264 g/mol. The fourth-order valence-corrected chi connectivity index (χ4v) is 2.98. The Labute approximate surface area is 113 Å². The third kappa shape index (κ3) is 3.75. The molecule has 1 atom stereocenters. The van der Waals surface area contributed by atoms with Gasteiger partial charge in [-0.2, -0.15) is 0 Å². The molecule has 0 aliphatic carbocycles. The topological polar surface area (TPSA) is 41.1 Å². The van der Waals surface area contributed by atoms with Crippen molar-refractivity contribution in [1.82, 2.24) is 5.32 Å². The van der Waals surface area contributed by atoms with Gasteiger partial charge in [0.05, 0.1) is 6.04 Å². The van der Waals surface area contributed by atoms with Gasteiger partial charge in [0.1, 0.15) is 0 Å². The van der Waals surface area contributed by atoms with Crippen LogP contribution in [0.5, 0.6) is 0 Å². The molecule has 2 N–H and O–H groups in total. The van der Waals surface area contributed by atoms with Gasteiger partial charge in [-0.1, -0.05) is 26.0 Å². The number of benzene rings is 1. The third-order valence-corrected chi connectivity index (χ3v) is 3.81. The molecule has 1 aromatic carbocycles. The quantitative estimate of drug-likeness (QED) is 0.878. The van der Waals surface area contributed by atoms with Crippen LogP contribution in [0.1, 0.15) is 19.4 Å². The molecule has 0 bridgehead atoms. The van der Waals surface area contributed by atoms with Crippen LogP contribution in [0.4, 0.5) is 5.69 Å². The molecule has 1 heterocycles. The van der Waals surface area contributed by atoms with Crippen LogP contribution in [0.25, 0.3) is 0 Å². The van der Waals surface area contributed by atoms with Gasteiger partial charge in [0.25, 0.3) is 0 Å². The first kappa shape index (κ1) is 13.4. The lowest BCUT2D eigenvalue weighted by Crippen LogP contribution is -2.37. The van der Waals surface area contributed by atoms with E-state index in [0.29, 0.717) is 5.92 Å². The summed E-state index contributed by atoms with van der Waals surface area (Å²) in [7, 11) is 0. The number of anilines is 1. The zero-order chi connectivity index (χ0) is 13.0. The lowest BCUT2D eigenvalue weighted by molar-refractivity contribution is -0.117. The Kier molecular flexibility index (Phi) is 4.66. The standard InChI is InChI=1S/C14H20N2OS/c1-10(2)6-11-4-3-5-12(7-11)16-14(17)13-8-18-9-15-13/h3-5,7,10,13,15H,6,8-9H2,1-2H3,(H,16,17). The lowest BCUT2D eigenvalue weighted by Gasteiger charge is -2.12. The van der Waals surface area contributed by atoms with Crippen LogP contribution in [-0.4, -0.2) is 23.6 Å². The predicted molar refractivity (Wildman–Crippen MR) is 77.9 cm³/mol. The van der Waals surface area contributed by atoms with Crippen molar-refractivity contribution in [2.75, 3.05) is 16.9 Å². The van der Waals surface area contributed by atoms with Gasteiger partial charge in [-0.15, -0.1) is 11.8 Å². The molecular weight excluding hydrogens is 244 g/mol. The highest BCUT2D eigenvalue weighted by Crippen LogP contribution is 2.16. The molecule has 4 heteroatoms. The number of carbonyl (C=O) groups excluding carboxylic acids is 1. The summed E-state index contributed by atoms with van der Waals surface area (Å²) in [6.07, 6.45) is 1.04. The van der Waals surface area contributed by atoms with Gasteiger partial charge in [0.2, 0.25) is 5.91 Å². The van der Waals surface area contributed by atoms with Gasteiger partial charge in [0, 0.05) is 17.3 Å². The van der Waals surface area contributed by atoms with Gasteiger partial charge in [-0.3, -0.25) is 10.1 Å². The summed E-state index contributed by atoms with van der Waals surface area (Å²) in [5, 5.41) is 6.16. The highest BCUT2D eigenvalue weighted by Gasteiger charge is 2.22. The molecule has 1 unspecified atom stereocenters. The van der Waals surface area contributed by atoms with Crippen molar-refractivity contribution >= 4 is 23.4 Å². The van der Waals surface area contributed by atoms with Gasteiger partial charge in [0.15, 0.2) is 0 Å². The molecule has 0 spiro atoms. The molecule has 1 aromatic rings. The minimum absolute atomic E-state index is 0.0521. The van der Waals surface area contributed by atoms with Gasteiger partial charge < -0.3 is 5.32 Å². The van der Waals surface area contributed by atoms with E-state index in [2.05, 4.69) is 36.6 Å². The normalized spacial score (nSPS) is 19.2. The second-order valence-electron chi connectivity index (χ2n) is 5.06. The van der Waals surface area contributed by atoms with E-state index in [9.17, 15) is 4.79 Å².